The van der Waals surface area contributed by atoms with Gasteiger partial charge in [-0.05, 0) is 35.0 Å². The highest BCUT2D eigenvalue weighted by Crippen LogP contribution is 2.36. The molecule has 1 aliphatic rings. The van der Waals surface area contributed by atoms with Gasteiger partial charge in [-0.15, -0.1) is 22.7 Å². The number of hydrazone groups is 1. The van der Waals surface area contributed by atoms with Crippen molar-refractivity contribution in [2.45, 2.75) is 12.5 Å². The van der Waals surface area contributed by atoms with E-state index < -0.39 is 0 Å². The molecule has 0 N–H and O–H groups in total. The summed E-state index contributed by atoms with van der Waals surface area (Å²) in [4.78, 5) is 23.7. The van der Waals surface area contributed by atoms with Gasteiger partial charge in [-0.1, -0.05) is 24.3 Å². The second kappa shape index (κ2) is 7.73. The van der Waals surface area contributed by atoms with Gasteiger partial charge in [0.15, 0.2) is 6.61 Å². The Hall–Kier alpha value is -3.10. The Labute approximate surface area is 175 Å². The quantitative estimate of drug-likeness (QED) is 0.476. The summed E-state index contributed by atoms with van der Waals surface area (Å²) in [7, 11) is 0. The van der Waals surface area contributed by atoms with Crippen molar-refractivity contribution in [3.8, 4) is 5.88 Å². The zero-order valence-electron chi connectivity index (χ0n) is 15.3. The number of hydrogen-bond donors (Lipinski definition) is 0. The molecule has 4 heterocycles. The number of carbonyl (C=O) groups excluding carboxylic acids is 1. The summed E-state index contributed by atoms with van der Waals surface area (Å²) in [5.41, 5.74) is 1.71. The third-order valence-electron chi connectivity index (χ3n) is 4.68. The number of carbonyl (C=O) groups is 1. The molecule has 1 aromatic carbocycles. The highest BCUT2D eigenvalue weighted by molar-refractivity contribution is 7.12. The van der Waals surface area contributed by atoms with Crippen molar-refractivity contribution < 1.29 is 9.53 Å². The van der Waals surface area contributed by atoms with Crippen LogP contribution in [0.5, 0.6) is 5.88 Å². The number of hydrogen-bond acceptors (Lipinski definition) is 7. The number of amides is 1. The van der Waals surface area contributed by atoms with Gasteiger partial charge in [0.25, 0.3) is 5.91 Å². The van der Waals surface area contributed by atoms with Crippen LogP contribution in [0.4, 0.5) is 0 Å². The predicted octanol–water partition coefficient (Wildman–Crippen LogP) is 4.51. The number of ether oxygens (including phenoxy) is 1. The van der Waals surface area contributed by atoms with E-state index in [1.54, 1.807) is 27.7 Å². The van der Waals surface area contributed by atoms with Crippen molar-refractivity contribution in [1.82, 2.24) is 15.0 Å². The lowest BCUT2D eigenvalue weighted by Crippen LogP contribution is -2.31. The van der Waals surface area contributed by atoms with E-state index in [0.29, 0.717) is 12.3 Å². The molecular formula is C21H16N4O2S2. The van der Waals surface area contributed by atoms with Crippen molar-refractivity contribution in [3.63, 3.8) is 0 Å². The Kier molecular flexibility index (Phi) is 4.79. The molecule has 0 saturated heterocycles. The summed E-state index contributed by atoms with van der Waals surface area (Å²) < 4.78 is 5.78. The van der Waals surface area contributed by atoms with Crippen LogP contribution in [0.15, 0.2) is 70.7 Å². The standard InChI is InChI=1S/C21H16N4O2S2/c26-20(12-27-21-14-5-1-2-6-15(14)22-13-23-21)25-17(19-8-4-10-29-19)11-16(24-25)18-7-3-9-28-18/h1-10,13,17H,11-12H2. The van der Waals surface area contributed by atoms with Crippen LogP contribution in [0, 0.1) is 0 Å². The molecule has 1 atom stereocenters. The molecule has 6 nitrogen and oxygen atoms in total. The fourth-order valence-electron chi connectivity index (χ4n) is 3.33. The number of thiophene rings is 2. The number of fused-ring (bicyclic) bond motifs is 1. The minimum atomic E-state index is -0.197. The predicted molar refractivity (Wildman–Crippen MR) is 114 cm³/mol. The molecule has 0 aliphatic carbocycles. The van der Waals surface area contributed by atoms with Crippen LogP contribution in [-0.4, -0.2) is 33.2 Å². The van der Waals surface area contributed by atoms with Crippen LogP contribution < -0.4 is 4.74 Å². The van der Waals surface area contributed by atoms with Gasteiger partial charge in [-0.3, -0.25) is 4.79 Å². The first-order valence-electron chi connectivity index (χ1n) is 9.09. The van der Waals surface area contributed by atoms with Crippen molar-refractivity contribution in [2.75, 3.05) is 6.61 Å². The number of para-hydroxylation sites is 1. The highest BCUT2D eigenvalue weighted by atomic mass is 32.1. The van der Waals surface area contributed by atoms with E-state index in [1.807, 2.05) is 59.3 Å². The van der Waals surface area contributed by atoms with Gasteiger partial charge < -0.3 is 4.74 Å². The normalized spacial score (nSPS) is 16.2. The average molecular weight is 421 g/mol. The lowest BCUT2D eigenvalue weighted by molar-refractivity contribution is -0.135. The Morgan fingerprint density at radius 2 is 1.93 bits per heavy atom. The molecule has 0 fully saturated rings. The van der Waals surface area contributed by atoms with E-state index in [2.05, 4.69) is 15.1 Å². The topological polar surface area (TPSA) is 67.7 Å². The zero-order chi connectivity index (χ0) is 19.6. The van der Waals surface area contributed by atoms with Crippen molar-refractivity contribution in [2.24, 2.45) is 5.10 Å². The lowest BCUT2D eigenvalue weighted by atomic mass is 10.1. The monoisotopic (exact) mass is 420 g/mol. The van der Waals surface area contributed by atoms with Crippen LogP contribution in [-0.2, 0) is 4.79 Å². The van der Waals surface area contributed by atoms with Crippen molar-refractivity contribution >= 4 is 45.2 Å². The lowest BCUT2D eigenvalue weighted by Gasteiger charge is -2.20. The number of rotatable bonds is 5. The molecule has 0 saturated carbocycles. The van der Waals surface area contributed by atoms with Crippen molar-refractivity contribution in [1.29, 1.82) is 0 Å². The maximum absolute atomic E-state index is 13.0. The summed E-state index contributed by atoms with van der Waals surface area (Å²) >= 11 is 3.26. The Balaban J connectivity index is 1.39. The minimum Gasteiger partial charge on any atom is -0.467 e. The number of aromatic nitrogens is 2. The fourth-order valence-corrected chi connectivity index (χ4v) is 4.86. The van der Waals surface area contributed by atoms with Gasteiger partial charge in [0.1, 0.15) is 6.33 Å². The van der Waals surface area contributed by atoms with Gasteiger partial charge in [-0.25, -0.2) is 15.0 Å². The molecule has 1 amide bonds. The summed E-state index contributed by atoms with van der Waals surface area (Å²) in [5, 5.41) is 11.0. The van der Waals surface area contributed by atoms with Gasteiger partial charge >= 0.3 is 0 Å². The maximum Gasteiger partial charge on any atom is 0.281 e. The molecule has 8 heteroatoms. The summed E-state index contributed by atoms with van der Waals surface area (Å²) in [6.07, 6.45) is 2.14. The van der Waals surface area contributed by atoms with Gasteiger partial charge in [-0.2, -0.15) is 5.10 Å². The molecule has 0 spiro atoms. The minimum absolute atomic E-state index is 0.106. The number of nitrogens with zero attached hydrogens (tertiary/aromatic N) is 4. The molecule has 1 aliphatic heterocycles. The fraction of sp³-hybridized carbons (Fsp3) is 0.143. The van der Waals surface area contributed by atoms with E-state index >= 15 is 0 Å². The Bertz CT molecular complexity index is 1170. The molecule has 4 aromatic rings. The first kappa shape index (κ1) is 18.0. The largest absolute Gasteiger partial charge is 0.467 e. The van der Waals surface area contributed by atoms with E-state index in [-0.39, 0.29) is 18.6 Å². The summed E-state index contributed by atoms with van der Waals surface area (Å²) in [6, 6.07) is 15.5. The van der Waals surface area contributed by atoms with E-state index in [4.69, 9.17) is 4.74 Å². The molecule has 0 bridgehead atoms. The van der Waals surface area contributed by atoms with Crippen LogP contribution >= 0.6 is 22.7 Å². The smallest absolute Gasteiger partial charge is 0.281 e. The van der Waals surface area contributed by atoms with Gasteiger partial charge in [0.2, 0.25) is 5.88 Å². The van der Waals surface area contributed by atoms with Crippen LogP contribution in [0.2, 0.25) is 0 Å². The van der Waals surface area contributed by atoms with Gasteiger partial charge in [0.05, 0.1) is 27.5 Å². The second-order valence-electron chi connectivity index (χ2n) is 6.48. The van der Waals surface area contributed by atoms with Crippen LogP contribution in [0.3, 0.4) is 0 Å². The highest BCUT2D eigenvalue weighted by Gasteiger charge is 2.34. The van der Waals surface area contributed by atoms with Gasteiger partial charge in [0, 0.05) is 11.3 Å². The van der Waals surface area contributed by atoms with Crippen LogP contribution in [0.1, 0.15) is 22.2 Å². The van der Waals surface area contributed by atoms with Crippen LogP contribution in [0.25, 0.3) is 10.9 Å². The maximum atomic E-state index is 13.0. The zero-order valence-corrected chi connectivity index (χ0v) is 16.9. The first-order chi connectivity index (χ1) is 14.3. The molecule has 144 valence electrons. The second-order valence-corrected chi connectivity index (χ2v) is 8.41. The molecule has 3 aromatic heterocycles. The summed E-state index contributed by atoms with van der Waals surface area (Å²) in [5.74, 6) is 0.205. The molecule has 29 heavy (non-hydrogen) atoms. The Morgan fingerprint density at radius 3 is 2.76 bits per heavy atom. The number of benzene rings is 1. The first-order valence-corrected chi connectivity index (χ1v) is 10.8. The van der Waals surface area contributed by atoms with Crippen molar-refractivity contribution in [3.05, 3.63) is 75.4 Å². The molecule has 1 unspecified atom stereocenters. The third kappa shape index (κ3) is 3.52. The third-order valence-corrected chi connectivity index (χ3v) is 6.57. The van der Waals surface area contributed by atoms with E-state index in [1.165, 1.54) is 6.33 Å². The average Bonchev–Trinajstić information content (AvgIpc) is 3.52. The molecule has 5 rings (SSSR count). The Morgan fingerprint density at radius 1 is 1.07 bits per heavy atom. The molecule has 0 radical (unpaired) electrons. The van der Waals surface area contributed by atoms with E-state index in [0.717, 1.165) is 26.4 Å². The SMILES string of the molecule is O=C(COc1ncnc2ccccc12)N1N=C(c2cccs2)CC1c1cccs1. The van der Waals surface area contributed by atoms with E-state index in [9.17, 15) is 4.79 Å². The molecular weight excluding hydrogens is 404 g/mol. The summed E-state index contributed by atoms with van der Waals surface area (Å²) in [6.45, 7) is -0.135.